The molecular formula is C14H21NO. The van der Waals surface area contributed by atoms with Crippen molar-refractivity contribution < 1.29 is 5.11 Å². The molecule has 0 aliphatic heterocycles. The van der Waals surface area contributed by atoms with E-state index >= 15 is 0 Å². The van der Waals surface area contributed by atoms with Crippen LogP contribution in [0.5, 0.6) is 0 Å². The molecule has 0 aromatic heterocycles. The van der Waals surface area contributed by atoms with Crippen LogP contribution in [0.4, 0.5) is 0 Å². The summed E-state index contributed by atoms with van der Waals surface area (Å²) in [6, 6.07) is 8.58. The van der Waals surface area contributed by atoms with Crippen molar-refractivity contribution in [3.8, 4) is 0 Å². The zero-order valence-electron chi connectivity index (χ0n) is 10.2. The molecule has 1 aromatic carbocycles. The molecule has 1 N–H and O–H groups in total. The third kappa shape index (κ3) is 2.13. The van der Waals surface area contributed by atoms with Crippen LogP contribution in [0.1, 0.15) is 37.0 Å². The number of hydrogen-bond donors (Lipinski definition) is 1. The maximum Gasteiger partial charge on any atom is 0.0947 e. The Kier molecular flexibility index (Phi) is 3.62. The quantitative estimate of drug-likeness (QED) is 0.772. The Morgan fingerprint density at radius 1 is 1.38 bits per heavy atom. The highest BCUT2D eigenvalue weighted by Crippen LogP contribution is 2.31. The number of aryl methyl sites for hydroxylation is 1. The van der Waals surface area contributed by atoms with E-state index < -0.39 is 0 Å². The third-order valence-electron chi connectivity index (χ3n) is 3.75. The smallest absolute Gasteiger partial charge is 0.0947 e. The van der Waals surface area contributed by atoms with Gasteiger partial charge in [-0.1, -0.05) is 31.2 Å². The maximum atomic E-state index is 10.5. The largest absolute Gasteiger partial charge is 0.387 e. The summed E-state index contributed by atoms with van der Waals surface area (Å²) in [5.41, 5.74) is 2.45. The Hall–Kier alpha value is -0.860. The van der Waals surface area contributed by atoms with Crippen molar-refractivity contribution in [1.82, 2.24) is 4.90 Å². The molecule has 0 heterocycles. The Bertz CT molecular complexity index is 350. The van der Waals surface area contributed by atoms with Crippen LogP contribution in [0, 0.1) is 0 Å². The fourth-order valence-electron chi connectivity index (χ4n) is 2.61. The topological polar surface area (TPSA) is 23.5 Å². The van der Waals surface area contributed by atoms with Gasteiger partial charge in [0, 0.05) is 6.04 Å². The molecule has 0 fully saturated rings. The highest BCUT2D eigenvalue weighted by atomic mass is 16.3. The lowest BCUT2D eigenvalue weighted by molar-refractivity contribution is 0.0621. The number of aliphatic hydroxyl groups is 1. The predicted octanol–water partition coefficient (Wildman–Crippen LogP) is 2.38. The van der Waals surface area contributed by atoms with Crippen molar-refractivity contribution in [3.63, 3.8) is 0 Å². The minimum atomic E-state index is -0.330. The van der Waals surface area contributed by atoms with Crippen molar-refractivity contribution in [1.29, 1.82) is 0 Å². The number of fused-ring (bicyclic) bond motifs is 1. The molecule has 2 atom stereocenters. The molecule has 0 saturated heterocycles. The first-order chi connectivity index (χ1) is 7.74. The molecule has 2 unspecified atom stereocenters. The highest BCUT2D eigenvalue weighted by molar-refractivity contribution is 5.31. The number of benzene rings is 1. The summed E-state index contributed by atoms with van der Waals surface area (Å²) in [5, 5.41) is 10.5. The van der Waals surface area contributed by atoms with Gasteiger partial charge in [0.15, 0.2) is 0 Å². The molecule has 0 spiro atoms. The number of rotatable bonds is 2. The standard InChI is InChI=1S/C14H21NO/c1-3-15(2)13-10-6-8-11-7-4-5-9-12(11)14(13)16/h4-5,7,9,13-14,16H,3,6,8,10H2,1-2H3. The molecule has 2 rings (SSSR count). The first kappa shape index (κ1) is 11.6. The number of aliphatic hydroxyl groups excluding tert-OH is 1. The molecule has 0 amide bonds. The fourth-order valence-corrected chi connectivity index (χ4v) is 2.61. The van der Waals surface area contributed by atoms with Crippen LogP contribution in [-0.2, 0) is 6.42 Å². The zero-order valence-corrected chi connectivity index (χ0v) is 10.2. The summed E-state index contributed by atoms with van der Waals surface area (Å²) in [6.45, 7) is 3.13. The van der Waals surface area contributed by atoms with Crippen molar-refractivity contribution >= 4 is 0 Å². The van der Waals surface area contributed by atoms with Gasteiger partial charge in [-0.25, -0.2) is 0 Å². The van der Waals surface area contributed by atoms with Gasteiger partial charge in [-0.2, -0.15) is 0 Å². The van der Waals surface area contributed by atoms with Crippen LogP contribution in [-0.4, -0.2) is 29.6 Å². The van der Waals surface area contributed by atoms with Gasteiger partial charge in [0.25, 0.3) is 0 Å². The van der Waals surface area contributed by atoms with Gasteiger partial charge >= 0.3 is 0 Å². The van der Waals surface area contributed by atoms with E-state index in [2.05, 4.69) is 37.1 Å². The molecule has 88 valence electrons. The molecule has 0 saturated carbocycles. The van der Waals surface area contributed by atoms with E-state index in [1.54, 1.807) is 0 Å². The summed E-state index contributed by atoms with van der Waals surface area (Å²) in [6.07, 6.45) is 3.02. The summed E-state index contributed by atoms with van der Waals surface area (Å²) < 4.78 is 0. The second-order valence-corrected chi connectivity index (χ2v) is 4.68. The van der Waals surface area contributed by atoms with E-state index in [9.17, 15) is 5.11 Å². The van der Waals surface area contributed by atoms with E-state index in [1.165, 1.54) is 12.0 Å². The highest BCUT2D eigenvalue weighted by Gasteiger charge is 2.27. The first-order valence-electron chi connectivity index (χ1n) is 6.20. The second kappa shape index (κ2) is 4.98. The van der Waals surface area contributed by atoms with Crippen LogP contribution in [0.15, 0.2) is 24.3 Å². The predicted molar refractivity (Wildman–Crippen MR) is 66.4 cm³/mol. The normalized spacial score (nSPS) is 25.2. The molecule has 1 aliphatic carbocycles. The SMILES string of the molecule is CCN(C)C1CCCc2ccccc2C1O. The van der Waals surface area contributed by atoms with E-state index in [0.717, 1.165) is 24.9 Å². The minimum absolute atomic E-state index is 0.272. The lowest BCUT2D eigenvalue weighted by atomic mass is 9.98. The molecule has 0 bridgehead atoms. The van der Waals surface area contributed by atoms with Gasteiger partial charge in [-0.3, -0.25) is 0 Å². The van der Waals surface area contributed by atoms with Crippen molar-refractivity contribution in [2.45, 2.75) is 38.3 Å². The summed E-state index contributed by atoms with van der Waals surface area (Å²) in [5.74, 6) is 0. The minimum Gasteiger partial charge on any atom is -0.387 e. The Morgan fingerprint density at radius 3 is 2.88 bits per heavy atom. The van der Waals surface area contributed by atoms with E-state index in [-0.39, 0.29) is 12.1 Å². The molecular weight excluding hydrogens is 198 g/mol. The Balaban J connectivity index is 2.29. The molecule has 2 heteroatoms. The van der Waals surface area contributed by atoms with Gasteiger partial charge in [0.05, 0.1) is 6.10 Å². The van der Waals surface area contributed by atoms with Gasteiger partial charge < -0.3 is 10.0 Å². The Morgan fingerprint density at radius 2 is 2.12 bits per heavy atom. The van der Waals surface area contributed by atoms with E-state index in [1.807, 2.05) is 6.07 Å². The molecule has 16 heavy (non-hydrogen) atoms. The lowest BCUT2D eigenvalue weighted by Crippen LogP contribution is -2.36. The summed E-state index contributed by atoms with van der Waals surface area (Å²) in [7, 11) is 2.10. The first-order valence-corrected chi connectivity index (χ1v) is 6.20. The summed E-state index contributed by atoms with van der Waals surface area (Å²) >= 11 is 0. The summed E-state index contributed by atoms with van der Waals surface area (Å²) in [4.78, 5) is 2.26. The van der Waals surface area contributed by atoms with Crippen molar-refractivity contribution in [2.75, 3.05) is 13.6 Å². The van der Waals surface area contributed by atoms with E-state index in [4.69, 9.17) is 0 Å². The average molecular weight is 219 g/mol. The van der Waals surface area contributed by atoms with Crippen molar-refractivity contribution in [3.05, 3.63) is 35.4 Å². The average Bonchev–Trinajstić information content (AvgIpc) is 2.49. The maximum absolute atomic E-state index is 10.5. The molecule has 0 radical (unpaired) electrons. The fraction of sp³-hybridized carbons (Fsp3) is 0.571. The van der Waals surface area contributed by atoms with Crippen LogP contribution < -0.4 is 0 Å². The van der Waals surface area contributed by atoms with Gasteiger partial charge in [-0.05, 0) is 44.0 Å². The lowest BCUT2D eigenvalue weighted by Gasteiger charge is -2.30. The van der Waals surface area contributed by atoms with Crippen LogP contribution in [0.3, 0.4) is 0 Å². The second-order valence-electron chi connectivity index (χ2n) is 4.68. The van der Waals surface area contributed by atoms with Crippen LogP contribution >= 0.6 is 0 Å². The van der Waals surface area contributed by atoms with Gasteiger partial charge in [0.1, 0.15) is 0 Å². The number of nitrogens with zero attached hydrogens (tertiary/aromatic N) is 1. The monoisotopic (exact) mass is 219 g/mol. The molecule has 1 aliphatic rings. The zero-order chi connectivity index (χ0) is 11.5. The Labute approximate surface area is 97.9 Å². The van der Waals surface area contributed by atoms with E-state index in [0.29, 0.717) is 0 Å². The van der Waals surface area contributed by atoms with Crippen LogP contribution in [0.25, 0.3) is 0 Å². The van der Waals surface area contributed by atoms with Gasteiger partial charge in [-0.15, -0.1) is 0 Å². The van der Waals surface area contributed by atoms with Gasteiger partial charge in [0.2, 0.25) is 0 Å². The third-order valence-corrected chi connectivity index (χ3v) is 3.75. The van der Waals surface area contributed by atoms with Crippen molar-refractivity contribution in [2.24, 2.45) is 0 Å². The molecule has 1 aromatic rings. The number of likely N-dealkylation sites (N-methyl/N-ethyl adjacent to an activating group) is 1. The van der Waals surface area contributed by atoms with Crippen LogP contribution in [0.2, 0.25) is 0 Å². The molecule has 2 nitrogen and oxygen atoms in total. The number of hydrogen-bond acceptors (Lipinski definition) is 2.